The highest BCUT2D eigenvalue weighted by atomic mass is 16.4. The normalized spacial score (nSPS) is 14.0. The van der Waals surface area contributed by atoms with Crippen molar-refractivity contribution in [1.29, 1.82) is 0 Å². The Morgan fingerprint density at radius 3 is 2.15 bits per heavy atom. The van der Waals surface area contributed by atoms with E-state index in [0.29, 0.717) is 24.9 Å². The number of nitrogens with one attached hydrogen (secondary N) is 4. The third kappa shape index (κ3) is 9.05. The zero-order valence-electron chi connectivity index (χ0n) is 22.9. The Hall–Kier alpha value is -4.42. The van der Waals surface area contributed by atoms with Crippen LogP contribution in [0.1, 0.15) is 37.3 Å². The number of phenols is 1. The monoisotopic (exact) mass is 566 g/mol. The molecule has 2 aromatic carbocycles. The van der Waals surface area contributed by atoms with Crippen LogP contribution in [0.15, 0.2) is 54.7 Å². The summed E-state index contributed by atoms with van der Waals surface area (Å²) in [6, 6.07) is 9.18. The van der Waals surface area contributed by atoms with Crippen molar-refractivity contribution >= 4 is 34.6 Å². The zero-order chi connectivity index (χ0) is 29.9. The molecule has 0 aliphatic carbocycles. The molecule has 3 rings (SSSR count). The number of aromatic amines is 1. The van der Waals surface area contributed by atoms with E-state index in [-0.39, 0.29) is 25.0 Å². The summed E-state index contributed by atoms with van der Waals surface area (Å²) in [5.41, 5.74) is 13.4. The number of carboxylic acids is 1. The molecule has 41 heavy (non-hydrogen) atoms. The predicted molar refractivity (Wildman–Crippen MR) is 154 cm³/mol. The first-order valence-corrected chi connectivity index (χ1v) is 13.5. The molecule has 12 heteroatoms. The molecule has 0 aliphatic heterocycles. The second kappa shape index (κ2) is 14.8. The number of H-pyrrole nitrogens is 1. The quantitative estimate of drug-likeness (QED) is 0.122. The van der Waals surface area contributed by atoms with E-state index in [1.807, 2.05) is 24.3 Å². The Kier molecular flexibility index (Phi) is 11.2. The lowest BCUT2D eigenvalue weighted by Crippen LogP contribution is -2.57. The minimum absolute atomic E-state index is 0.0308. The van der Waals surface area contributed by atoms with E-state index in [1.54, 1.807) is 18.3 Å². The average Bonchev–Trinajstić information content (AvgIpc) is 3.35. The third-order valence-corrected chi connectivity index (χ3v) is 6.72. The van der Waals surface area contributed by atoms with Crippen LogP contribution in [0, 0.1) is 0 Å². The minimum Gasteiger partial charge on any atom is -0.508 e. The molecular weight excluding hydrogens is 528 g/mol. The molecule has 0 bridgehead atoms. The lowest BCUT2D eigenvalue weighted by Gasteiger charge is -2.25. The van der Waals surface area contributed by atoms with E-state index in [0.717, 1.165) is 16.5 Å². The molecule has 1 heterocycles. The number of carbonyl (C=O) groups is 4. The highest BCUT2D eigenvalue weighted by Gasteiger charge is 2.30. The molecule has 10 N–H and O–H groups in total. The van der Waals surface area contributed by atoms with Gasteiger partial charge in [0.2, 0.25) is 17.7 Å². The fourth-order valence-corrected chi connectivity index (χ4v) is 4.41. The van der Waals surface area contributed by atoms with Crippen LogP contribution in [-0.2, 0) is 32.0 Å². The number of nitrogens with two attached hydrogens (primary N) is 2. The fraction of sp³-hybridized carbons (Fsp3) is 0.379. The van der Waals surface area contributed by atoms with E-state index in [4.69, 9.17) is 11.5 Å². The number of carboxylic acid groups (broad SMARTS) is 1. The molecule has 12 nitrogen and oxygen atoms in total. The first-order chi connectivity index (χ1) is 19.6. The summed E-state index contributed by atoms with van der Waals surface area (Å²) >= 11 is 0. The zero-order valence-corrected chi connectivity index (χ0v) is 22.9. The van der Waals surface area contributed by atoms with Gasteiger partial charge in [0.05, 0.1) is 6.04 Å². The highest BCUT2D eigenvalue weighted by molar-refractivity contribution is 5.94. The number of benzene rings is 2. The van der Waals surface area contributed by atoms with E-state index < -0.39 is 47.9 Å². The third-order valence-electron chi connectivity index (χ3n) is 6.72. The molecule has 3 amide bonds. The van der Waals surface area contributed by atoms with Crippen molar-refractivity contribution in [3.8, 4) is 5.75 Å². The van der Waals surface area contributed by atoms with Gasteiger partial charge in [-0.25, -0.2) is 4.79 Å². The van der Waals surface area contributed by atoms with Gasteiger partial charge in [0.15, 0.2) is 0 Å². The molecule has 220 valence electrons. The van der Waals surface area contributed by atoms with Gasteiger partial charge in [-0.1, -0.05) is 30.3 Å². The number of phenolic OH excluding ortho intramolecular Hbond substituents is 1. The maximum absolute atomic E-state index is 13.6. The number of rotatable bonds is 15. The maximum atomic E-state index is 13.6. The molecule has 4 unspecified atom stereocenters. The number of amides is 3. The summed E-state index contributed by atoms with van der Waals surface area (Å²) in [5, 5.41) is 28.1. The van der Waals surface area contributed by atoms with Gasteiger partial charge in [-0.2, -0.15) is 0 Å². The Balaban J connectivity index is 1.85. The van der Waals surface area contributed by atoms with Gasteiger partial charge < -0.3 is 42.6 Å². The maximum Gasteiger partial charge on any atom is 0.326 e. The van der Waals surface area contributed by atoms with Gasteiger partial charge in [-0.05, 0) is 62.1 Å². The predicted octanol–water partition coefficient (Wildman–Crippen LogP) is 0.674. The summed E-state index contributed by atoms with van der Waals surface area (Å²) in [7, 11) is 0. The molecule has 0 radical (unpaired) electrons. The SMILES string of the molecule is CC(N)C(=O)NC(CCCCN)C(=O)NC(Cc1c[nH]c2ccccc12)C(=O)NC(Cc1ccc(O)cc1)C(=O)O. The van der Waals surface area contributed by atoms with E-state index in [2.05, 4.69) is 20.9 Å². The number of fused-ring (bicyclic) bond motifs is 1. The van der Waals surface area contributed by atoms with E-state index in [9.17, 15) is 29.4 Å². The van der Waals surface area contributed by atoms with Crippen LogP contribution in [0.2, 0.25) is 0 Å². The van der Waals surface area contributed by atoms with Gasteiger partial charge in [-0.3, -0.25) is 14.4 Å². The van der Waals surface area contributed by atoms with E-state index in [1.165, 1.54) is 19.1 Å². The first kappa shape index (κ1) is 31.1. The molecule has 0 fully saturated rings. The second-order valence-corrected chi connectivity index (χ2v) is 10.0. The first-order valence-electron chi connectivity index (χ1n) is 13.5. The van der Waals surface area contributed by atoms with Crippen molar-refractivity contribution in [3.63, 3.8) is 0 Å². The summed E-state index contributed by atoms with van der Waals surface area (Å²) in [5.74, 6) is -3.04. The van der Waals surface area contributed by atoms with Crippen molar-refractivity contribution in [2.45, 2.75) is 63.2 Å². The van der Waals surface area contributed by atoms with Crippen LogP contribution in [0.3, 0.4) is 0 Å². The lowest BCUT2D eigenvalue weighted by molar-refractivity contribution is -0.142. The number of hydrogen-bond acceptors (Lipinski definition) is 7. The number of carbonyl (C=O) groups excluding carboxylic acids is 3. The Morgan fingerprint density at radius 1 is 0.854 bits per heavy atom. The van der Waals surface area contributed by atoms with Gasteiger partial charge in [0.25, 0.3) is 0 Å². The number of hydrogen-bond donors (Lipinski definition) is 8. The van der Waals surface area contributed by atoms with Crippen molar-refractivity contribution < 1.29 is 29.4 Å². The smallest absolute Gasteiger partial charge is 0.326 e. The number of aromatic nitrogens is 1. The number of aromatic hydroxyl groups is 1. The summed E-state index contributed by atoms with van der Waals surface area (Å²) in [6.45, 7) is 1.91. The van der Waals surface area contributed by atoms with Crippen LogP contribution in [0.4, 0.5) is 0 Å². The molecule has 0 spiro atoms. The fourth-order valence-electron chi connectivity index (χ4n) is 4.41. The number of unbranched alkanes of at least 4 members (excludes halogenated alkanes) is 1. The molecule has 1 aromatic heterocycles. The largest absolute Gasteiger partial charge is 0.508 e. The molecule has 0 saturated carbocycles. The van der Waals surface area contributed by atoms with Gasteiger partial charge in [0.1, 0.15) is 23.9 Å². The van der Waals surface area contributed by atoms with Gasteiger partial charge >= 0.3 is 5.97 Å². The topological polar surface area (TPSA) is 213 Å². The number of para-hydroxylation sites is 1. The van der Waals surface area contributed by atoms with Crippen molar-refractivity contribution in [2.24, 2.45) is 11.5 Å². The van der Waals surface area contributed by atoms with Crippen molar-refractivity contribution in [1.82, 2.24) is 20.9 Å². The second-order valence-electron chi connectivity index (χ2n) is 10.0. The minimum atomic E-state index is -1.30. The van der Waals surface area contributed by atoms with Crippen molar-refractivity contribution in [3.05, 3.63) is 65.9 Å². The molecule has 4 atom stereocenters. The Morgan fingerprint density at radius 2 is 1.49 bits per heavy atom. The molecule has 0 aliphatic rings. The number of aliphatic carboxylic acids is 1. The van der Waals surface area contributed by atoms with Gasteiger partial charge in [-0.15, -0.1) is 0 Å². The van der Waals surface area contributed by atoms with Crippen LogP contribution >= 0.6 is 0 Å². The summed E-state index contributed by atoms with van der Waals surface area (Å²) < 4.78 is 0. The van der Waals surface area contributed by atoms with Gasteiger partial charge in [0, 0.05) is 29.9 Å². The molecule has 0 saturated heterocycles. The standard InChI is InChI=1S/C29H38N6O6/c1-17(31)26(37)33-23(8-4-5-13-30)27(38)34-24(15-19-16-32-22-7-3-2-6-21(19)22)28(39)35-25(29(40)41)14-18-9-11-20(36)12-10-18/h2-3,6-7,9-12,16-17,23-25,32,36H,4-5,8,13-15,30-31H2,1H3,(H,33,37)(H,34,38)(H,35,39)(H,40,41). The van der Waals surface area contributed by atoms with Crippen LogP contribution in [-0.4, -0.2) is 69.6 Å². The van der Waals surface area contributed by atoms with Crippen molar-refractivity contribution in [2.75, 3.05) is 6.54 Å². The van der Waals surface area contributed by atoms with Crippen LogP contribution in [0.5, 0.6) is 5.75 Å². The van der Waals surface area contributed by atoms with E-state index >= 15 is 0 Å². The summed E-state index contributed by atoms with van der Waals surface area (Å²) in [6.07, 6.45) is 3.22. The Bertz CT molecular complexity index is 1340. The highest BCUT2D eigenvalue weighted by Crippen LogP contribution is 2.20. The molecular formula is C29H38N6O6. The van der Waals surface area contributed by atoms with Crippen LogP contribution in [0.25, 0.3) is 10.9 Å². The summed E-state index contributed by atoms with van der Waals surface area (Å²) in [4.78, 5) is 54.5. The molecule has 3 aromatic rings. The lowest BCUT2D eigenvalue weighted by atomic mass is 10.0. The van der Waals surface area contributed by atoms with Crippen LogP contribution < -0.4 is 27.4 Å². The average molecular weight is 567 g/mol. The Labute approximate surface area is 237 Å².